The molecule has 2 unspecified atom stereocenters. The number of phenolic OH excluding ortho intramolecular Hbond substituents is 4. The van der Waals surface area contributed by atoms with Crippen LogP contribution in [0.15, 0.2) is 54.6 Å². The van der Waals surface area contributed by atoms with E-state index in [4.69, 9.17) is 14.2 Å². The maximum absolute atomic E-state index is 13.6. The Balaban J connectivity index is 1.64. The van der Waals surface area contributed by atoms with E-state index in [1.54, 1.807) is 20.8 Å². The van der Waals surface area contributed by atoms with Crippen LogP contribution >= 0.6 is 0 Å². The number of hydrogen-bond acceptors (Lipinski definition) is 13. The molecule has 1 fully saturated rings. The maximum Gasteiger partial charge on any atom is 0.339 e. The highest BCUT2D eigenvalue weighted by atomic mass is 16.6. The molecular formula is C35H38N2O12. The molecule has 1 saturated heterocycles. The number of ether oxygens (including phenoxy) is 3. The summed E-state index contributed by atoms with van der Waals surface area (Å²) in [5.74, 6) is -7.27. The SMILES string of the molecule is CCCCOC(=O)c1cccc(O)c1C(=O)c1c(O)cc(C(=O)OC2CNCC2(NC(=O)c2ccc(O)cc2)C(=O)OC(C)(C)C)cc1O. The fourth-order valence-electron chi connectivity index (χ4n) is 5.09. The number of carbonyl (C=O) groups excluding carboxylic acids is 5. The van der Waals surface area contributed by atoms with Crippen molar-refractivity contribution >= 4 is 29.6 Å². The largest absolute Gasteiger partial charge is 0.508 e. The van der Waals surface area contributed by atoms with Crippen LogP contribution in [0, 0.1) is 0 Å². The van der Waals surface area contributed by atoms with Crippen LogP contribution in [0.5, 0.6) is 23.0 Å². The van der Waals surface area contributed by atoms with Crippen molar-refractivity contribution in [2.45, 2.75) is 57.8 Å². The van der Waals surface area contributed by atoms with Crippen LogP contribution < -0.4 is 10.6 Å². The number of ketones is 1. The van der Waals surface area contributed by atoms with Gasteiger partial charge in [-0.05, 0) is 75.7 Å². The normalized spacial score (nSPS) is 17.2. The second-order valence-corrected chi connectivity index (χ2v) is 12.4. The number of benzene rings is 3. The zero-order chi connectivity index (χ0) is 36.1. The van der Waals surface area contributed by atoms with Crippen LogP contribution in [-0.4, -0.2) is 87.0 Å². The lowest BCUT2D eigenvalue weighted by Gasteiger charge is -2.35. The van der Waals surface area contributed by atoms with Crippen molar-refractivity contribution in [2.24, 2.45) is 0 Å². The zero-order valence-corrected chi connectivity index (χ0v) is 27.4. The third-order valence-corrected chi connectivity index (χ3v) is 7.54. The van der Waals surface area contributed by atoms with E-state index >= 15 is 0 Å². The molecule has 260 valence electrons. The lowest BCUT2D eigenvalue weighted by Crippen LogP contribution is -2.64. The van der Waals surface area contributed by atoms with Crippen molar-refractivity contribution in [2.75, 3.05) is 19.7 Å². The first-order chi connectivity index (χ1) is 23.1. The summed E-state index contributed by atoms with van der Waals surface area (Å²) in [5.41, 5.74) is -4.81. The maximum atomic E-state index is 13.6. The van der Waals surface area contributed by atoms with Gasteiger partial charge in [0.2, 0.25) is 5.78 Å². The average molecular weight is 679 g/mol. The second kappa shape index (κ2) is 14.6. The molecule has 0 spiro atoms. The quantitative estimate of drug-likeness (QED) is 0.0743. The second-order valence-electron chi connectivity index (χ2n) is 12.4. The Kier molecular flexibility index (Phi) is 10.8. The van der Waals surface area contributed by atoms with Gasteiger partial charge in [-0.25, -0.2) is 14.4 Å². The van der Waals surface area contributed by atoms with E-state index in [0.717, 1.165) is 24.6 Å². The summed E-state index contributed by atoms with van der Waals surface area (Å²) in [6.07, 6.45) is -0.0549. The molecule has 49 heavy (non-hydrogen) atoms. The minimum Gasteiger partial charge on any atom is -0.508 e. The van der Waals surface area contributed by atoms with Crippen LogP contribution in [0.3, 0.4) is 0 Å². The van der Waals surface area contributed by atoms with Crippen molar-refractivity contribution < 1.29 is 58.6 Å². The Labute approximate surface area is 281 Å². The van der Waals surface area contributed by atoms with Crippen LogP contribution in [0.2, 0.25) is 0 Å². The van der Waals surface area contributed by atoms with E-state index in [0.29, 0.717) is 6.42 Å². The van der Waals surface area contributed by atoms with Gasteiger partial charge in [0.25, 0.3) is 5.91 Å². The summed E-state index contributed by atoms with van der Waals surface area (Å²) in [4.78, 5) is 66.5. The number of rotatable bonds is 11. The van der Waals surface area contributed by atoms with Crippen molar-refractivity contribution in [1.29, 1.82) is 0 Å². The predicted octanol–water partition coefficient (Wildman–Crippen LogP) is 3.34. The number of unbranched alkanes of at least 4 members (excludes halogenated alkanes) is 1. The summed E-state index contributed by atoms with van der Waals surface area (Å²) in [6.45, 7) is 6.50. The third-order valence-electron chi connectivity index (χ3n) is 7.54. The third kappa shape index (κ3) is 8.09. The number of esters is 3. The molecule has 14 nitrogen and oxygen atoms in total. The molecule has 0 saturated carbocycles. The molecule has 0 aromatic heterocycles. The van der Waals surface area contributed by atoms with Gasteiger partial charge in [0.1, 0.15) is 40.3 Å². The topological polar surface area (TPSA) is 218 Å². The first-order valence-corrected chi connectivity index (χ1v) is 15.4. The van der Waals surface area contributed by atoms with Gasteiger partial charge in [-0.3, -0.25) is 9.59 Å². The number of phenols is 4. The summed E-state index contributed by atoms with van der Waals surface area (Å²) in [6, 6.07) is 10.6. The monoisotopic (exact) mass is 678 g/mol. The highest BCUT2D eigenvalue weighted by molar-refractivity contribution is 6.18. The first kappa shape index (κ1) is 36.2. The number of amides is 1. The minimum absolute atomic E-state index is 0.0676. The standard InChI is InChI=1S/C35H38N2O12/c1-5-6-14-47-32(45)22-8-7-9-23(39)27(22)29(42)28-24(40)15-20(16-25(28)41)31(44)48-26-17-36-18-35(26,33(46)49-34(2,3)4)37-30(43)19-10-12-21(38)13-11-19/h7-13,15-16,26,36,38-41H,5-6,14,17-18H2,1-4H3,(H,37,43). The van der Waals surface area contributed by atoms with Gasteiger partial charge in [-0.15, -0.1) is 0 Å². The van der Waals surface area contributed by atoms with Gasteiger partial charge in [0.05, 0.1) is 23.3 Å². The van der Waals surface area contributed by atoms with Gasteiger partial charge in [-0.2, -0.15) is 0 Å². The molecule has 1 heterocycles. The highest BCUT2D eigenvalue weighted by Crippen LogP contribution is 2.35. The van der Waals surface area contributed by atoms with Crippen molar-refractivity contribution in [3.05, 3.63) is 82.4 Å². The lowest BCUT2D eigenvalue weighted by atomic mass is 9.93. The fourth-order valence-corrected chi connectivity index (χ4v) is 5.09. The zero-order valence-electron chi connectivity index (χ0n) is 27.4. The van der Waals surface area contributed by atoms with Crippen molar-refractivity contribution in [1.82, 2.24) is 10.6 Å². The van der Waals surface area contributed by atoms with Crippen molar-refractivity contribution in [3.8, 4) is 23.0 Å². The Bertz CT molecular complexity index is 1740. The molecule has 1 aliphatic rings. The molecule has 4 rings (SSSR count). The molecule has 1 aliphatic heterocycles. The van der Waals surface area contributed by atoms with Gasteiger partial charge in [-0.1, -0.05) is 19.4 Å². The van der Waals surface area contributed by atoms with Crippen molar-refractivity contribution in [3.63, 3.8) is 0 Å². The number of carbonyl (C=O) groups is 5. The van der Waals surface area contributed by atoms with Gasteiger partial charge < -0.3 is 45.3 Å². The van der Waals surface area contributed by atoms with Gasteiger partial charge in [0.15, 0.2) is 5.54 Å². The Morgan fingerprint density at radius 3 is 2.14 bits per heavy atom. The summed E-state index contributed by atoms with van der Waals surface area (Å²) >= 11 is 0. The molecule has 3 aromatic carbocycles. The lowest BCUT2D eigenvalue weighted by molar-refractivity contribution is -0.165. The molecule has 14 heteroatoms. The Hall–Kier alpha value is -5.63. The Morgan fingerprint density at radius 1 is 0.878 bits per heavy atom. The molecular weight excluding hydrogens is 640 g/mol. The Morgan fingerprint density at radius 2 is 1.53 bits per heavy atom. The smallest absolute Gasteiger partial charge is 0.339 e. The molecule has 2 atom stereocenters. The van der Waals surface area contributed by atoms with Crippen LogP contribution in [0.1, 0.15) is 87.5 Å². The van der Waals surface area contributed by atoms with E-state index in [1.165, 1.54) is 36.4 Å². The first-order valence-electron chi connectivity index (χ1n) is 15.4. The molecule has 0 radical (unpaired) electrons. The van der Waals surface area contributed by atoms with E-state index in [1.807, 2.05) is 6.92 Å². The fraction of sp³-hybridized carbons (Fsp3) is 0.343. The van der Waals surface area contributed by atoms with Gasteiger partial charge >= 0.3 is 17.9 Å². The van der Waals surface area contributed by atoms with E-state index in [9.17, 15) is 44.4 Å². The molecule has 3 aromatic rings. The molecule has 1 amide bonds. The highest BCUT2D eigenvalue weighted by Gasteiger charge is 2.55. The minimum atomic E-state index is -1.93. The van der Waals surface area contributed by atoms with Gasteiger partial charge in [0, 0.05) is 18.7 Å². The summed E-state index contributed by atoms with van der Waals surface area (Å²) < 4.78 is 16.4. The molecule has 0 aliphatic carbocycles. The van der Waals surface area contributed by atoms with Crippen LogP contribution in [-0.2, 0) is 19.0 Å². The summed E-state index contributed by atoms with van der Waals surface area (Å²) in [7, 11) is 0. The van der Waals surface area contributed by atoms with Crippen LogP contribution in [0.25, 0.3) is 0 Å². The van der Waals surface area contributed by atoms with E-state index in [-0.39, 0.29) is 36.6 Å². The van der Waals surface area contributed by atoms with E-state index in [2.05, 4.69) is 10.6 Å². The average Bonchev–Trinajstić information content (AvgIpc) is 3.42. The molecule has 0 bridgehead atoms. The van der Waals surface area contributed by atoms with E-state index < -0.39 is 80.8 Å². The predicted molar refractivity (Wildman–Crippen MR) is 173 cm³/mol. The number of aromatic hydroxyl groups is 4. The number of nitrogens with one attached hydrogen (secondary N) is 2. The van der Waals surface area contributed by atoms with Crippen LogP contribution in [0.4, 0.5) is 0 Å². The number of hydrogen-bond donors (Lipinski definition) is 6. The molecule has 6 N–H and O–H groups in total. The summed E-state index contributed by atoms with van der Waals surface area (Å²) in [5, 5.41) is 47.3.